The second-order valence-corrected chi connectivity index (χ2v) is 10.9. The maximum atomic E-state index is 15.0. The van der Waals surface area contributed by atoms with Gasteiger partial charge >= 0.3 is 5.97 Å². The summed E-state index contributed by atoms with van der Waals surface area (Å²) < 4.78 is 40.1. The maximum absolute atomic E-state index is 15.0. The van der Waals surface area contributed by atoms with Crippen LogP contribution in [0.15, 0.2) is 30.3 Å². The van der Waals surface area contributed by atoms with Gasteiger partial charge in [-0.2, -0.15) is 0 Å². The summed E-state index contributed by atoms with van der Waals surface area (Å²) >= 11 is 6.25. The third kappa shape index (κ3) is 6.08. The van der Waals surface area contributed by atoms with Gasteiger partial charge in [0, 0.05) is 30.2 Å². The fourth-order valence-electron chi connectivity index (χ4n) is 4.38. The van der Waals surface area contributed by atoms with E-state index in [0.717, 1.165) is 36.8 Å². The van der Waals surface area contributed by atoms with Crippen molar-refractivity contribution in [3.63, 3.8) is 0 Å². The molecular formula is C27H32ClF2NO3. The highest BCUT2D eigenvalue weighted by molar-refractivity contribution is 6.31. The molecule has 1 aliphatic heterocycles. The summed E-state index contributed by atoms with van der Waals surface area (Å²) in [5.41, 5.74) is 0.985. The zero-order chi connectivity index (χ0) is 24.6. The molecule has 2 aromatic carbocycles. The van der Waals surface area contributed by atoms with Gasteiger partial charge in [-0.15, -0.1) is 0 Å². The van der Waals surface area contributed by atoms with Crippen molar-refractivity contribution in [2.24, 2.45) is 0 Å². The summed E-state index contributed by atoms with van der Waals surface area (Å²) in [5.74, 6) is -0.869. The third-order valence-electron chi connectivity index (χ3n) is 6.39. The Hall–Kier alpha value is -2.18. The monoisotopic (exact) mass is 491 g/mol. The molecular weight excluding hydrogens is 460 g/mol. The van der Waals surface area contributed by atoms with Gasteiger partial charge in [-0.1, -0.05) is 17.7 Å². The summed E-state index contributed by atoms with van der Waals surface area (Å²) in [5, 5.41) is 0.408. The first kappa shape index (κ1) is 24.9. The molecule has 1 saturated heterocycles. The number of hydrogen-bond acceptors (Lipinski definition) is 4. The lowest BCUT2D eigenvalue weighted by atomic mass is 9.99. The van der Waals surface area contributed by atoms with E-state index in [1.807, 2.05) is 0 Å². The molecule has 2 fully saturated rings. The van der Waals surface area contributed by atoms with E-state index < -0.39 is 17.4 Å². The van der Waals surface area contributed by atoms with Crippen LogP contribution in [0.2, 0.25) is 5.02 Å². The number of benzene rings is 2. The molecule has 1 saturated carbocycles. The van der Waals surface area contributed by atoms with Gasteiger partial charge in [0.2, 0.25) is 0 Å². The van der Waals surface area contributed by atoms with Gasteiger partial charge in [0.1, 0.15) is 29.1 Å². The van der Waals surface area contributed by atoms with E-state index in [9.17, 15) is 13.6 Å². The number of halogens is 3. The van der Waals surface area contributed by atoms with Crippen molar-refractivity contribution in [3.8, 4) is 5.75 Å². The van der Waals surface area contributed by atoms with E-state index in [-0.39, 0.29) is 23.4 Å². The van der Waals surface area contributed by atoms with Crippen LogP contribution in [-0.2, 0) is 11.3 Å². The lowest BCUT2D eigenvalue weighted by Crippen LogP contribution is -2.45. The number of carbonyl (C=O) groups is 1. The minimum atomic E-state index is -0.700. The third-order valence-corrected chi connectivity index (χ3v) is 6.74. The Morgan fingerprint density at radius 2 is 1.85 bits per heavy atom. The molecule has 0 unspecified atom stereocenters. The van der Waals surface area contributed by atoms with E-state index >= 15 is 0 Å². The first-order valence-corrected chi connectivity index (χ1v) is 12.3. The van der Waals surface area contributed by atoms with Gasteiger partial charge < -0.3 is 9.47 Å². The molecule has 2 aromatic rings. The standard InChI is InChI=1S/C27H32ClF2NO3/c1-16-5-10-20(15-31(16)14-18-8-9-19(29)11-23(18)28)33-25-13-24(30)22(12-21(25)17-6-7-17)26(32)34-27(2,3)4/h8-9,11-13,16-17,20H,5-7,10,14-15H2,1-4H3/t16-,20+/m0/s1. The molecule has 7 heteroatoms. The van der Waals surface area contributed by atoms with Crippen molar-refractivity contribution in [2.75, 3.05) is 6.54 Å². The number of ether oxygens (including phenoxy) is 2. The second kappa shape index (κ2) is 9.82. The molecule has 0 radical (unpaired) electrons. The molecule has 0 aromatic heterocycles. The highest BCUT2D eigenvalue weighted by Crippen LogP contribution is 2.46. The molecule has 4 rings (SSSR count). The zero-order valence-electron chi connectivity index (χ0n) is 20.2. The van der Waals surface area contributed by atoms with Crippen molar-refractivity contribution in [1.29, 1.82) is 0 Å². The molecule has 0 bridgehead atoms. The Bertz CT molecular complexity index is 1060. The van der Waals surface area contributed by atoms with Crippen LogP contribution in [0.25, 0.3) is 0 Å². The van der Waals surface area contributed by atoms with Gasteiger partial charge in [0.25, 0.3) is 0 Å². The number of nitrogens with zero attached hydrogens (tertiary/aromatic N) is 1. The molecule has 0 N–H and O–H groups in total. The van der Waals surface area contributed by atoms with Gasteiger partial charge in [0.15, 0.2) is 0 Å². The van der Waals surface area contributed by atoms with Crippen molar-refractivity contribution in [2.45, 2.75) is 83.6 Å². The molecule has 1 heterocycles. The van der Waals surface area contributed by atoms with Crippen LogP contribution < -0.4 is 4.74 Å². The summed E-state index contributed by atoms with van der Waals surface area (Å²) in [6.45, 7) is 8.67. The fraction of sp³-hybridized carbons (Fsp3) is 0.519. The molecule has 4 nitrogen and oxygen atoms in total. The Balaban J connectivity index is 1.51. The Morgan fingerprint density at radius 1 is 1.12 bits per heavy atom. The van der Waals surface area contributed by atoms with E-state index in [1.165, 1.54) is 18.2 Å². The molecule has 2 aliphatic rings. The van der Waals surface area contributed by atoms with E-state index in [1.54, 1.807) is 32.9 Å². The van der Waals surface area contributed by atoms with Crippen molar-refractivity contribution >= 4 is 17.6 Å². The summed E-state index contributed by atoms with van der Waals surface area (Å²) in [6, 6.07) is 7.72. The highest BCUT2D eigenvalue weighted by Gasteiger charge is 2.33. The summed E-state index contributed by atoms with van der Waals surface area (Å²) in [6.07, 6.45) is 3.62. The lowest BCUT2D eigenvalue weighted by Gasteiger charge is -2.38. The molecule has 34 heavy (non-hydrogen) atoms. The van der Waals surface area contributed by atoms with Crippen LogP contribution in [0.4, 0.5) is 8.78 Å². The van der Waals surface area contributed by atoms with Crippen LogP contribution in [0.1, 0.15) is 80.8 Å². The van der Waals surface area contributed by atoms with Crippen LogP contribution in [0.3, 0.4) is 0 Å². The highest BCUT2D eigenvalue weighted by atomic mass is 35.5. The predicted molar refractivity (Wildman–Crippen MR) is 128 cm³/mol. The molecule has 184 valence electrons. The average molecular weight is 492 g/mol. The first-order valence-electron chi connectivity index (χ1n) is 11.9. The number of carbonyl (C=O) groups excluding carboxylic acids is 1. The van der Waals surface area contributed by atoms with Crippen molar-refractivity contribution < 1.29 is 23.0 Å². The largest absolute Gasteiger partial charge is 0.489 e. The van der Waals surface area contributed by atoms with E-state index in [4.69, 9.17) is 21.1 Å². The quantitative estimate of drug-likeness (QED) is 0.413. The molecule has 0 spiro atoms. The van der Waals surface area contributed by atoms with Gasteiger partial charge in [-0.3, -0.25) is 4.90 Å². The first-order chi connectivity index (χ1) is 16.0. The number of esters is 1. The molecule has 0 amide bonds. The molecule has 2 atom stereocenters. The van der Waals surface area contributed by atoms with Crippen LogP contribution >= 0.6 is 11.6 Å². The number of likely N-dealkylation sites (tertiary alicyclic amines) is 1. The summed E-state index contributed by atoms with van der Waals surface area (Å²) in [7, 11) is 0. The topological polar surface area (TPSA) is 38.8 Å². The number of piperidine rings is 1. The maximum Gasteiger partial charge on any atom is 0.341 e. The van der Waals surface area contributed by atoms with Crippen molar-refractivity contribution in [3.05, 3.63) is 63.7 Å². The van der Waals surface area contributed by atoms with Crippen LogP contribution in [-0.4, -0.2) is 35.2 Å². The van der Waals surface area contributed by atoms with Crippen molar-refractivity contribution in [1.82, 2.24) is 4.90 Å². The lowest BCUT2D eigenvalue weighted by molar-refractivity contribution is 0.00643. The van der Waals surface area contributed by atoms with Gasteiger partial charge in [-0.05, 0) is 88.6 Å². The Kier molecular flexibility index (Phi) is 7.20. The van der Waals surface area contributed by atoms with E-state index in [2.05, 4.69) is 11.8 Å². The minimum Gasteiger partial charge on any atom is -0.489 e. The van der Waals surface area contributed by atoms with Crippen LogP contribution in [0, 0.1) is 11.6 Å². The Morgan fingerprint density at radius 3 is 2.50 bits per heavy atom. The SMILES string of the molecule is C[C@H]1CC[C@@H](Oc2cc(F)c(C(=O)OC(C)(C)C)cc2C2CC2)CN1Cc1ccc(F)cc1Cl. The number of rotatable bonds is 6. The molecule has 1 aliphatic carbocycles. The normalized spacial score (nSPS) is 21.4. The van der Waals surface area contributed by atoms with Gasteiger partial charge in [0.05, 0.1) is 5.56 Å². The summed E-state index contributed by atoms with van der Waals surface area (Å²) in [4.78, 5) is 14.8. The fourth-order valence-corrected chi connectivity index (χ4v) is 4.61. The zero-order valence-corrected chi connectivity index (χ0v) is 20.9. The average Bonchev–Trinajstić information content (AvgIpc) is 3.56. The minimum absolute atomic E-state index is 0.0472. The van der Waals surface area contributed by atoms with Gasteiger partial charge in [-0.25, -0.2) is 13.6 Å². The Labute approximate surface area is 205 Å². The van der Waals surface area contributed by atoms with Crippen LogP contribution in [0.5, 0.6) is 5.75 Å². The van der Waals surface area contributed by atoms with E-state index in [0.29, 0.717) is 29.9 Å². The smallest absolute Gasteiger partial charge is 0.341 e. The predicted octanol–water partition coefficient (Wildman–Crippen LogP) is 6.88. The number of hydrogen-bond donors (Lipinski definition) is 0. The second-order valence-electron chi connectivity index (χ2n) is 10.5.